The zero-order chi connectivity index (χ0) is 12.4. The predicted molar refractivity (Wildman–Crippen MR) is 63.6 cm³/mol. The first kappa shape index (κ1) is 11.7. The van der Waals surface area contributed by atoms with Crippen LogP contribution in [0.2, 0.25) is 5.02 Å². The maximum absolute atomic E-state index is 11.4. The summed E-state index contributed by atoms with van der Waals surface area (Å²) >= 11 is 5.71. The zero-order valence-electron chi connectivity index (χ0n) is 8.87. The molecule has 0 saturated heterocycles. The van der Waals surface area contributed by atoms with Crippen molar-refractivity contribution in [3.63, 3.8) is 0 Å². The van der Waals surface area contributed by atoms with Gasteiger partial charge in [-0.25, -0.2) is 9.59 Å². The summed E-state index contributed by atoms with van der Waals surface area (Å²) in [5.41, 5.74) is 0.376. The highest BCUT2D eigenvalue weighted by Gasteiger charge is 2.23. The Morgan fingerprint density at radius 2 is 2.06 bits per heavy atom. The van der Waals surface area contributed by atoms with E-state index in [1.807, 2.05) is 0 Å². The van der Waals surface area contributed by atoms with Gasteiger partial charge in [0.2, 0.25) is 0 Å². The molecule has 3 N–H and O–H groups in total. The molecule has 5 nitrogen and oxygen atoms in total. The fourth-order valence-electron chi connectivity index (χ4n) is 1.35. The highest BCUT2D eigenvalue weighted by molar-refractivity contribution is 6.33. The quantitative estimate of drug-likeness (QED) is 0.775. The fraction of sp³-hybridized carbons (Fsp3) is 0.273. The van der Waals surface area contributed by atoms with Gasteiger partial charge >= 0.3 is 12.0 Å². The Kier molecular flexibility index (Phi) is 3.19. The summed E-state index contributed by atoms with van der Waals surface area (Å²) in [6, 6.07) is 4.25. The van der Waals surface area contributed by atoms with Gasteiger partial charge in [0, 0.05) is 11.7 Å². The van der Waals surface area contributed by atoms with E-state index in [0.29, 0.717) is 5.69 Å². The first-order chi connectivity index (χ1) is 8.06. The lowest BCUT2D eigenvalue weighted by Gasteiger charge is -2.07. The molecule has 0 heterocycles. The molecular weight excluding hydrogens is 244 g/mol. The molecule has 90 valence electrons. The standard InChI is InChI=1S/C11H11ClN2O3/c12-9-4-3-7(5-8(9)10(15)16)14-11(17)13-6-1-2-6/h3-6H,1-2H2,(H,15,16)(H2,13,14,17). The Morgan fingerprint density at radius 3 is 2.65 bits per heavy atom. The number of hydrogen-bond donors (Lipinski definition) is 3. The third-order valence-corrected chi connectivity index (χ3v) is 2.70. The zero-order valence-corrected chi connectivity index (χ0v) is 9.62. The second-order valence-electron chi connectivity index (χ2n) is 3.87. The van der Waals surface area contributed by atoms with Gasteiger partial charge in [-0.1, -0.05) is 11.6 Å². The van der Waals surface area contributed by atoms with Gasteiger partial charge in [0.05, 0.1) is 10.6 Å². The Morgan fingerprint density at radius 1 is 1.35 bits per heavy atom. The molecule has 1 aliphatic carbocycles. The number of urea groups is 1. The van der Waals surface area contributed by atoms with Gasteiger partial charge in [-0.2, -0.15) is 0 Å². The summed E-state index contributed by atoms with van der Waals surface area (Å²) in [4.78, 5) is 22.3. The molecule has 2 rings (SSSR count). The topological polar surface area (TPSA) is 78.4 Å². The lowest BCUT2D eigenvalue weighted by molar-refractivity contribution is 0.0697. The van der Waals surface area contributed by atoms with Crippen molar-refractivity contribution in [2.45, 2.75) is 18.9 Å². The van der Waals surface area contributed by atoms with Crippen LogP contribution >= 0.6 is 11.6 Å². The fourth-order valence-corrected chi connectivity index (χ4v) is 1.55. The van der Waals surface area contributed by atoms with E-state index in [0.717, 1.165) is 12.8 Å². The van der Waals surface area contributed by atoms with Crippen LogP contribution in [0, 0.1) is 0 Å². The minimum absolute atomic E-state index is 0.0316. The van der Waals surface area contributed by atoms with Crippen LogP contribution in [-0.2, 0) is 0 Å². The molecular formula is C11H11ClN2O3. The van der Waals surface area contributed by atoms with Crippen molar-refractivity contribution in [2.24, 2.45) is 0 Å². The summed E-state index contributed by atoms with van der Waals surface area (Å²) in [5, 5.41) is 14.3. The lowest BCUT2D eigenvalue weighted by atomic mass is 10.2. The van der Waals surface area contributed by atoms with Crippen molar-refractivity contribution in [1.82, 2.24) is 5.32 Å². The van der Waals surface area contributed by atoms with E-state index in [2.05, 4.69) is 10.6 Å². The molecule has 17 heavy (non-hydrogen) atoms. The maximum Gasteiger partial charge on any atom is 0.337 e. The van der Waals surface area contributed by atoms with Gasteiger partial charge in [0.25, 0.3) is 0 Å². The van der Waals surface area contributed by atoms with Crippen molar-refractivity contribution in [2.75, 3.05) is 5.32 Å². The summed E-state index contributed by atoms with van der Waals surface area (Å²) in [5.74, 6) is -1.12. The molecule has 0 aliphatic heterocycles. The summed E-state index contributed by atoms with van der Waals surface area (Å²) < 4.78 is 0. The van der Waals surface area contributed by atoms with Crippen LogP contribution in [0.25, 0.3) is 0 Å². The third-order valence-electron chi connectivity index (χ3n) is 2.37. The number of carboxylic acids is 1. The number of carboxylic acid groups (broad SMARTS) is 1. The molecule has 0 atom stereocenters. The number of rotatable bonds is 3. The van der Waals surface area contributed by atoms with Crippen molar-refractivity contribution in [3.05, 3.63) is 28.8 Å². The van der Waals surface area contributed by atoms with Gasteiger partial charge in [-0.15, -0.1) is 0 Å². The number of halogens is 1. The molecule has 0 radical (unpaired) electrons. The molecule has 1 fully saturated rings. The molecule has 6 heteroatoms. The van der Waals surface area contributed by atoms with E-state index in [1.54, 1.807) is 6.07 Å². The Bertz CT molecular complexity index is 472. The molecule has 0 unspecified atom stereocenters. The number of nitrogens with one attached hydrogen (secondary N) is 2. The second-order valence-corrected chi connectivity index (χ2v) is 4.28. The van der Waals surface area contributed by atoms with Gasteiger partial charge in [-0.3, -0.25) is 0 Å². The second kappa shape index (κ2) is 4.63. The van der Waals surface area contributed by atoms with Crippen molar-refractivity contribution in [1.29, 1.82) is 0 Å². The van der Waals surface area contributed by atoms with E-state index in [4.69, 9.17) is 16.7 Å². The summed E-state index contributed by atoms with van der Waals surface area (Å²) in [7, 11) is 0. The number of anilines is 1. The van der Waals surface area contributed by atoms with E-state index in [-0.39, 0.29) is 22.7 Å². The first-order valence-electron chi connectivity index (χ1n) is 5.16. The van der Waals surface area contributed by atoms with E-state index >= 15 is 0 Å². The van der Waals surface area contributed by atoms with Crippen LogP contribution in [0.5, 0.6) is 0 Å². The third kappa shape index (κ3) is 3.10. The van der Waals surface area contributed by atoms with Crippen LogP contribution in [0.1, 0.15) is 23.2 Å². The normalized spacial score (nSPS) is 14.2. The largest absolute Gasteiger partial charge is 0.478 e. The first-order valence-corrected chi connectivity index (χ1v) is 5.54. The number of amides is 2. The number of carbonyl (C=O) groups is 2. The highest BCUT2D eigenvalue weighted by atomic mass is 35.5. The molecule has 0 spiro atoms. The van der Waals surface area contributed by atoms with Gasteiger partial charge in [0.1, 0.15) is 0 Å². The average Bonchev–Trinajstić information content (AvgIpc) is 3.04. The number of benzene rings is 1. The molecule has 1 saturated carbocycles. The maximum atomic E-state index is 11.4. The SMILES string of the molecule is O=C(Nc1ccc(Cl)c(C(=O)O)c1)NC1CC1. The van der Waals surface area contributed by atoms with Gasteiger partial charge in [0.15, 0.2) is 0 Å². The average molecular weight is 255 g/mol. The van der Waals surface area contributed by atoms with Crippen LogP contribution < -0.4 is 10.6 Å². The molecule has 0 bridgehead atoms. The smallest absolute Gasteiger partial charge is 0.337 e. The Labute approximate surface area is 103 Å². The monoisotopic (exact) mass is 254 g/mol. The minimum atomic E-state index is -1.12. The molecule has 1 aromatic rings. The van der Waals surface area contributed by atoms with Crippen molar-refractivity contribution >= 4 is 29.3 Å². The van der Waals surface area contributed by atoms with Gasteiger partial charge < -0.3 is 15.7 Å². The molecule has 0 aromatic heterocycles. The van der Waals surface area contributed by atoms with Crippen LogP contribution in [0.3, 0.4) is 0 Å². The minimum Gasteiger partial charge on any atom is -0.478 e. The Balaban J connectivity index is 2.07. The van der Waals surface area contributed by atoms with Crippen molar-refractivity contribution in [3.8, 4) is 0 Å². The number of aromatic carboxylic acids is 1. The predicted octanol–water partition coefficient (Wildman–Crippen LogP) is 2.32. The van der Waals surface area contributed by atoms with E-state index in [9.17, 15) is 9.59 Å². The van der Waals surface area contributed by atoms with E-state index in [1.165, 1.54) is 12.1 Å². The van der Waals surface area contributed by atoms with Crippen molar-refractivity contribution < 1.29 is 14.7 Å². The highest BCUT2D eigenvalue weighted by Crippen LogP contribution is 2.21. The van der Waals surface area contributed by atoms with E-state index < -0.39 is 5.97 Å². The number of carbonyl (C=O) groups excluding carboxylic acids is 1. The number of hydrogen-bond acceptors (Lipinski definition) is 2. The summed E-state index contributed by atoms with van der Waals surface area (Å²) in [6.45, 7) is 0. The van der Waals surface area contributed by atoms with Crippen LogP contribution in [-0.4, -0.2) is 23.1 Å². The molecule has 1 aliphatic rings. The van der Waals surface area contributed by atoms with Gasteiger partial charge in [-0.05, 0) is 31.0 Å². The molecule has 1 aromatic carbocycles. The Hall–Kier alpha value is -1.75. The summed E-state index contributed by atoms with van der Waals surface area (Å²) in [6.07, 6.45) is 1.99. The van der Waals surface area contributed by atoms with Crippen LogP contribution in [0.15, 0.2) is 18.2 Å². The lowest BCUT2D eigenvalue weighted by Crippen LogP contribution is -2.30. The van der Waals surface area contributed by atoms with Crippen LogP contribution in [0.4, 0.5) is 10.5 Å². The molecule has 2 amide bonds.